The summed E-state index contributed by atoms with van der Waals surface area (Å²) in [6.45, 7) is 6.43. The van der Waals surface area contributed by atoms with Crippen LogP contribution in [-0.4, -0.2) is 0 Å². The third-order valence-corrected chi connectivity index (χ3v) is 1.56. The zero-order valence-corrected chi connectivity index (χ0v) is 6.78. The van der Waals surface area contributed by atoms with E-state index in [-0.39, 0.29) is 0 Å². The minimum Gasteiger partial charge on any atom is -0.0882 e. The Morgan fingerprint density at radius 1 is 1.33 bits per heavy atom. The summed E-state index contributed by atoms with van der Waals surface area (Å²) < 4.78 is 0. The van der Waals surface area contributed by atoms with E-state index in [1.807, 2.05) is 0 Å². The Kier molecular flexibility index (Phi) is 5.70. The topological polar surface area (TPSA) is 0 Å². The Hall–Kier alpha value is -0.260. The highest BCUT2D eigenvalue weighted by Crippen LogP contribution is 2.08. The molecule has 0 bridgehead atoms. The van der Waals surface area contributed by atoms with Gasteiger partial charge in [0.05, 0.1) is 0 Å². The van der Waals surface area contributed by atoms with E-state index in [2.05, 4.69) is 33.3 Å². The second-order valence-corrected chi connectivity index (χ2v) is 2.26. The van der Waals surface area contributed by atoms with Crippen LogP contribution in [0.4, 0.5) is 0 Å². The Morgan fingerprint density at radius 3 is 2.33 bits per heavy atom. The first kappa shape index (κ1) is 8.74. The van der Waals surface area contributed by atoms with Crippen LogP contribution in [0.15, 0.2) is 11.6 Å². The van der Waals surface area contributed by atoms with Crippen LogP contribution in [0.1, 0.15) is 40.0 Å². The molecule has 0 atom stereocenters. The molecule has 0 heterocycles. The van der Waals surface area contributed by atoms with E-state index in [1.54, 1.807) is 0 Å². The molecule has 0 heteroatoms. The van der Waals surface area contributed by atoms with Crippen molar-refractivity contribution in [2.45, 2.75) is 40.0 Å². The molecule has 0 amide bonds. The van der Waals surface area contributed by atoms with Gasteiger partial charge in [-0.3, -0.25) is 0 Å². The highest BCUT2D eigenvalue weighted by atomic mass is 14.0. The van der Waals surface area contributed by atoms with Crippen LogP contribution in [0.5, 0.6) is 0 Å². The molecule has 0 rings (SSSR count). The van der Waals surface area contributed by atoms with Crippen LogP contribution in [0.3, 0.4) is 0 Å². The van der Waals surface area contributed by atoms with E-state index in [9.17, 15) is 0 Å². The summed E-state index contributed by atoms with van der Waals surface area (Å²) in [6, 6.07) is 0. The average molecular weight is 125 g/mol. The van der Waals surface area contributed by atoms with Crippen LogP contribution >= 0.6 is 0 Å². The molecule has 0 N–H and O–H groups in total. The summed E-state index contributed by atoms with van der Waals surface area (Å²) in [4.78, 5) is 0. The van der Waals surface area contributed by atoms with E-state index in [4.69, 9.17) is 0 Å². The molecule has 0 saturated carbocycles. The molecular formula is C9H17. The van der Waals surface area contributed by atoms with Gasteiger partial charge in [0.25, 0.3) is 0 Å². The maximum atomic E-state index is 2.23. The van der Waals surface area contributed by atoms with Gasteiger partial charge in [-0.15, -0.1) is 0 Å². The van der Waals surface area contributed by atoms with Gasteiger partial charge < -0.3 is 0 Å². The molecule has 0 aliphatic rings. The molecule has 0 nitrogen and oxygen atoms in total. The maximum Gasteiger partial charge on any atom is -0.0169 e. The lowest BCUT2D eigenvalue weighted by Crippen LogP contribution is -1.80. The Morgan fingerprint density at radius 2 is 2.00 bits per heavy atom. The summed E-state index contributed by atoms with van der Waals surface area (Å²) in [7, 11) is 0. The molecule has 0 spiro atoms. The molecule has 0 aliphatic carbocycles. The van der Waals surface area contributed by atoms with Crippen LogP contribution in [-0.2, 0) is 0 Å². The van der Waals surface area contributed by atoms with Crippen molar-refractivity contribution in [1.82, 2.24) is 0 Å². The smallest absolute Gasteiger partial charge is 0.0169 e. The van der Waals surface area contributed by atoms with Crippen molar-refractivity contribution in [3.05, 3.63) is 18.1 Å². The maximum absolute atomic E-state index is 2.23. The molecule has 1 radical (unpaired) electrons. The molecule has 0 fully saturated rings. The van der Waals surface area contributed by atoms with Gasteiger partial charge >= 0.3 is 0 Å². The van der Waals surface area contributed by atoms with Crippen molar-refractivity contribution in [2.75, 3.05) is 0 Å². The summed E-state index contributed by atoms with van der Waals surface area (Å²) >= 11 is 0. The third kappa shape index (κ3) is 4.26. The molecule has 53 valence electrons. The van der Waals surface area contributed by atoms with Crippen molar-refractivity contribution in [3.8, 4) is 0 Å². The van der Waals surface area contributed by atoms with E-state index < -0.39 is 0 Å². The predicted octanol–water partition coefficient (Wildman–Crippen LogP) is 3.35. The fourth-order valence-corrected chi connectivity index (χ4v) is 0.836. The van der Waals surface area contributed by atoms with Gasteiger partial charge in [0.2, 0.25) is 0 Å². The Labute approximate surface area is 59.0 Å². The van der Waals surface area contributed by atoms with Crippen LogP contribution in [0, 0.1) is 6.42 Å². The van der Waals surface area contributed by atoms with Crippen LogP contribution in [0.25, 0.3) is 0 Å². The number of unbranched alkanes of at least 4 members (excludes halogenated alkanes) is 1. The van der Waals surface area contributed by atoms with Crippen LogP contribution < -0.4 is 0 Å². The second-order valence-electron chi connectivity index (χ2n) is 2.26. The fourth-order valence-electron chi connectivity index (χ4n) is 0.836. The highest BCUT2D eigenvalue weighted by molar-refractivity contribution is 5.09. The van der Waals surface area contributed by atoms with Crippen molar-refractivity contribution in [2.24, 2.45) is 0 Å². The Bertz CT molecular complexity index is 80.0. The number of rotatable bonds is 4. The van der Waals surface area contributed by atoms with Crippen molar-refractivity contribution >= 4 is 0 Å². The molecular weight excluding hydrogens is 108 g/mol. The molecule has 0 saturated heterocycles. The zero-order chi connectivity index (χ0) is 7.11. The van der Waals surface area contributed by atoms with Gasteiger partial charge in [-0.25, -0.2) is 0 Å². The standard InChI is InChI=1S/C9H17/c1-4-7-8-9(5-2)6-3/h5-6H,4,7-8H2,1-3H3. The lowest BCUT2D eigenvalue weighted by atomic mass is 10.1. The molecule has 0 aliphatic heterocycles. The number of allylic oxidation sites excluding steroid dienone is 2. The first-order valence-corrected chi connectivity index (χ1v) is 3.79. The van der Waals surface area contributed by atoms with E-state index >= 15 is 0 Å². The van der Waals surface area contributed by atoms with Crippen LogP contribution in [0.2, 0.25) is 0 Å². The van der Waals surface area contributed by atoms with E-state index in [0.717, 1.165) is 0 Å². The monoisotopic (exact) mass is 125 g/mol. The minimum atomic E-state index is 1.25. The SMILES string of the molecule is C[CH]C(=CC)CCCC. The van der Waals surface area contributed by atoms with Crippen molar-refractivity contribution < 1.29 is 0 Å². The van der Waals surface area contributed by atoms with Gasteiger partial charge in [-0.1, -0.05) is 31.9 Å². The van der Waals surface area contributed by atoms with Gasteiger partial charge in [0.15, 0.2) is 0 Å². The summed E-state index contributed by atoms with van der Waals surface area (Å²) in [5.74, 6) is 0. The minimum absolute atomic E-state index is 1.25. The van der Waals surface area contributed by atoms with Gasteiger partial charge in [0, 0.05) is 0 Å². The summed E-state index contributed by atoms with van der Waals surface area (Å²) in [5.41, 5.74) is 1.48. The number of hydrogen-bond acceptors (Lipinski definition) is 0. The van der Waals surface area contributed by atoms with E-state index in [1.165, 1.54) is 24.8 Å². The quantitative estimate of drug-likeness (QED) is 0.540. The highest BCUT2D eigenvalue weighted by Gasteiger charge is 1.89. The van der Waals surface area contributed by atoms with Gasteiger partial charge in [-0.05, 0) is 26.2 Å². The molecule has 0 aromatic heterocycles. The fraction of sp³-hybridized carbons (Fsp3) is 0.667. The third-order valence-electron chi connectivity index (χ3n) is 1.56. The van der Waals surface area contributed by atoms with E-state index in [0.29, 0.717) is 0 Å². The number of hydrogen-bond donors (Lipinski definition) is 0. The predicted molar refractivity (Wildman–Crippen MR) is 43.3 cm³/mol. The normalized spacial score (nSPS) is 12.1. The lowest BCUT2D eigenvalue weighted by Gasteiger charge is -1.99. The summed E-state index contributed by atoms with van der Waals surface area (Å²) in [6.07, 6.45) is 8.25. The molecule has 0 unspecified atom stereocenters. The lowest BCUT2D eigenvalue weighted by molar-refractivity contribution is 0.789. The second kappa shape index (κ2) is 5.87. The molecule has 0 aromatic rings. The van der Waals surface area contributed by atoms with Crippen molar-refractivity contribution in [1.29, 1.82) is 0 Å². The Balaban J connectivity index is 3.33. The van der Waals surface area contributed by atoms with Gasteiger partial charge in [-0.2, -0.15) is 0 Å². The zero-order valence-electron chi connectivity index (χ0n) is 6.78. The molecule has 0 aromatic carbocycles. The first-order chi connectivity index (χ1) is 4.35. The average Bonchev–Trinajstić information content (AvgIpc) is 1.91. The van der Waals surface area contributed by atoms with Gasteiger partial charge in [0.1, 0.15) is 0 Å². The first-order valence-electron chi connectivity index (χ1n) is 3.79. The summed E-state index contributed by atoms with van der Waals surface area (Å²) in [5, 5.41) is 0. The molecule has 9 heavy (non-hydrogen) atoms. The largest absolute Gasteiger partial charge is 0.0882 e. The van der Waals surface area contributed by atoms with Crippen molar-refractivity contribution in [3.63, 3.8) is 0 Å².